The van der Waals surface area contributed by atoms with E-state index in [1.807, 2.05) is 0 Å². The first kappa shape index (κ1) is 23.0. The molecule has 2 nitrogen and oxygen atoms in total. The van der Waals surface area contributed by atoms with Gasteiger partial charge in [0.15, 0.2) is 6.29 Å². The molecule has 0 unspecified atom stereocenters. The SMILES string of the molecule is CCCCCCCCOC(OCCCCCCCC)C1CCCCC1. The highest BCUT2D eigenvalue weighted by molar-refractivity contribution is 4.69. The standard InChI is InChI=1S/C23H46O2/c1-3-5-7-9-11-16-20-24-23(22-18-14-13-15-19-22)25-21-17-12-10-8-6-4-2/h22-23H,3-21H2,1-2H3. The number of hydrogen-bond acceptors (Lipinski definition) is 2. The molecule has 2 heteroatoms. The van der Waals surface area contributed by atoms with E-state index in [-0.39, 0.29) is 6.29 Å². The fourth-order valence-corrected chi connectivity index (χ4v) is 3.89. The molecule has 0 aromatic heterocycles. The maximum absolute atomic E-state index is 6.21. The average molecular weight is 355 g/mol. The van der Waals surface area contributed by atoms with Crippen LogP contribution in [0.1, 0.15) is 123 Å². The minimum Gasteiger partial charge on any atom is -0.352 e. The van der Waals surface area contributed by atoms with Crippen molar-refractivity contribution in [2.45, 2.75) is 129 Å². The van der Waals surface area contributed by atoms with Gasteiger partial charge in [0.05, 0.1) is 0 Å². The summed E-state index contributed by atoms with van der Waals surface area (Å²) in [6, 6.07) is 0. The fourth-order valence-electron chi connectivity index (χ4n) is 3.89. The molecule has 0 atom stereocenters. The van der Waals surface area contributed by atoms with Crippen molar-refractivity contribution in [2.24, 2.45) is 5.92 Å². The first-order valence-electron chi connectivity index (χ1n) is 11.6. The van der Waals surface area contributed by atoms with E-state index in [4.69, 9.17) is 9.47 Å². The lowest BCUT2D eigenvalue weighted by Crippen LogP contribution is -2.29. The van der Waals surface area contributed by atoms with Crippen LogP contribution in [-0.2, 0) is 9.47 Å². The highest BCUT2D eigenvalue weighted by atomic mass is 16.7. The zero-order chi connectivity index (χ0) is 18.0. The van der Waals surface area contributed by atoms with Crippen LogP contribution in [0.4, 0.5) is 0 Å². The van der Waals surface area contributed by atoms with E-state index in [1.165, 1.54) is 109 Å². The van der Waals surface area contributed by atoms with Crippen LogP contribution in [0.3, 0.4) is 0 Å². The molecule has 0 bridgehead atoms. The van der Waals surface area contributed by atoms with Crippen LogP contribution < -0.4 is 0 Å². The summed E-state index contributed by atoms with van der Waals surface area (Å²) in [7, 11) is 0. The van der Waals surface area contributed by atoms with Gasteiger partial charge in [0, 0.05) is 19.1 Å². The summed E-state index contributed by atoms with van der Waals surface area (Å²) in [6.45, 7) is 6.34. The zero-order valence-electron chi connectivity index (χ0n) is 17.4. The molecule has 0 spiro atoms. The topological polar surface area (TPSA) is 18.5 Å². The highest BCUT2D eigenvalue weighted by Crippen LogP contribution is 2.29. The van der Waals surface area contributed by atoms with Crippen LogP contribution >= 0.6 is 0 Å². The van der Waals surface area contributed by atoms with Crippen molar-refractivity contribution in [3.8, 4) is 0 Å². The molecule has 1 aliphatic rings. The van der Waals surface area contributed by atoms with Gasteiger partial charge in [0.2, 0.25) is 0 Å². The molecule has 1 saturated carbocycles. The molecule has 0 aromatic rings. The maximum Gasteiger partial charge on any atom is 0.160 e. The minimum absolute atomic E-state index is 0.0755. The summed E-state index contributed by atoms with van der Waals surface area (Å²) in [6.07, 6.45) is 22.8. The largest absolute Gasteiger partial charge is 0.352 e. The summed E-state index contributed by atoms with van der Waals surface area (Å²) in [5.74, 6) is 0.647. The second kappa shape index (κ2) is 17.3. The third-order valence-corrected chi connectivity index (χ3v) is 5.59. The van der Waals surface area contributed by atoms with E-state index >= 15 is 0 Å². The predicted molar refractivity (Wildman–Crippen MR) is 109 cm³/mol. The average Bonchev–Trinajstić information content (AvgIpc) is 2.65. The molecule has 1 aliphatic carbocycles. The Morgan fingerprint density at radius 2 is 1.04 bits per heavy atom. The smallest absolute Gasteiger partial charge is 0.160 e. The van der Waals surface area contributed by atoms with Gasteiger partial charge in [-0.3, -0.25) is 0 Å². The molecule has 0 radical (unpaired) electrons. The second-order valence-electron chi connectivity index (χ2n) is 8.04. The van der Waals surface area contributed by atoms with Crippen LogP contribution in [0.2, 0.25) is 0 Å². The molecule has 150 valence electrons. The number of rotatable bonds is 17. The molecule has 0 N–H and O–H groups in total. The molecule has 0 aliphatic heterocycles. The van der Waals surface area contributed by atoms with Crippen LogP contribution in [0, 0.1) is 5.92 Å². The van der Waals surface area contributed by atoms with E-state index in [0.717, 1.165) is 13.2 Å². The summed E-state index contributed by atoms with van der Waals surface area (Å²) < 4.78 is 12.4. The summed E-state index contributed by atoms with van der Waals surface area (Å²) in [5, 5.41) is 0. The Morgan fingerprint density at radius 3 is 1.52 bits per heavy atom. The van der Waals surface area contributed by atoms with Gasteiger partial charge in [-0.15, -0.1) is 0 Å². The van der Waals surface area contributed by atoms with Crippen molar-refractivity contribution in [3.05, 3.63) is 0 Å². The second-order valence-corrected chi connectivity index (χ2v) is 8.04. The van der Waals surface area contributed by atoms with Gasteiger partial charge in [-0.1, -0.05) is 97.3 Å². The maximum atomic E-state index is 6.21. The Kier molecular flexibility index (Phi) is 15.9. The summed E-state index contributed by atoms with van der Waals surface area (Å²) in [4.78, 5) is 0. The van der Waals surface area contributed by atoms with Crippen molar-refractivity contribution in [3.63, 3.8) is 0 Å². The van der Waals surface area contributed by atoms with Gasteiger partial charge in [-0.05, 0) is 25.7 Å². The predicted octanol–water partition coefficient (Wildman–Crippen LogP) is 7.65. The quantitative estimate of drug-likeness (QED) is 0.197. The third-order valence-electron chi connectivity index (χ3n) is 5.59. The molecule has 1 fully saturated rings. The summed E-state index contributed by atoms with van der Waals surface area (Å²) in [5.41, 5.74) is 0. The molecule has 0 heterocycles. The first-order chi connectivity index (χ1) is 12.4. The lowest BCUT2D eigenvalue weighted by Gasteiger charge is -2.30. The van der Waals surface area contributed by atoms with E-state index < -0.39 is 0 Å². The van der Waals surface area contributed by atoms with Crippen LogP contribution in [-0.4, -0.2) is 19.5 Å². The van der Waals surface area contributed by atoms with Gasteiger partial charge in [-0.2, -0.15) is 0 Å². The van der Waals surface area contributed by atoms with E-state index in [1.54, 1.807) is 0 Å². The van der Waals surface area contributed by atoms with Gasteiger partial charge in [0.25, 0.3) is 0 Å². The zero-order valence-corrected chi connectivity index (χ0v) is 17.4. The van der Waals surface area contributed by atoms with Crippen molar-refractivity contribution < 1.29 is 9.47 Å². The lowest BCUT2D eigenvalue weighted by atomic mass is 9.89. The highest BCUT2D eigenvalue weighted by Gasteiger charge is 2.24. The van der Waals surface area contributed by atoms with Gasteiger partial charge in [0.1, 0.15) is 0 Å². The van der Waals surface area contributed by atoms with E-state index in [0.29, 0.717) is 5.92 Å². The van der Waals surface area contributed by atoms with E-state index in [9.17, 15) is 0 Å². The Labute approximate surface area is 158 Å². The number of unbranched alkanes of at least 4 members (excludes halogenated alkanes) is 10. The minimum atomic E-state index is 0.0755. The van der Waals surface area contributed by atoms with Crippen LogP contribution in [0.15, 0.2) is 0 Å². The van der Waals surface area contributed by atoms with Gasteiger partial charge in [-0.25, -0.2) is 0 Å². The normalized spacial score (nSPS) is 16.0. The van der Waals surface area contributed by atoms with Crippen LogP contribution in [0.5, 0.6) is 0 Å². The Morgan fingerprint density at radius 1 is 0.600 bits per heavy atom. The van der Waals surface area contributed by atoms with Crippen molar-refractivity contribution in [1.82, 2.24) is 0 Å². The molecular formula is C23H46O2. The molecule has 0 aromatic carbocycles. The Hall–Kier alpha value is -0.0800. The molecule has 0 saturated heterocycles. The molecule has 1 rings (SSSR count). The first-order valence-corrected chi connectivity index (χ1v) is 11.6. The summed E-state index contributed by atoms with van der Waals surface area (Å²) >= 11 is 0. The Balaban J connectivity index is 2.13. The van der Waals surface area contributed by atoms with E-state index in [2.05, 4.69) is 13.8 Å². The van der Waals surface area contributed by atoms with Crippen molar-refractivity contribution in [2.75, 3.05) is 13.2 Å². The van der Waals surface area contributed by atoms with Gasteiger partial charge < -0.3 is 9.47 Å². The lowest BCUT2D eigenvalue weighted by molar-refractivity contribution is -0.179. The van der Waals surface area contributed by atoms with Gasteiger partial charge >= 0.3 is 0 Å². The Bertz CT molecular complexity index is 243. The number of hydrogen-bond donors (Lipinski definition) is 0. The van der Waals surface area contributed by atoms with Crippen molar-refractivity contribution in [1.29, 1.82) is 0 Å². The molecule has 25 heavy (non-hydrogen) atoms. The monoisotopic (exact) mass is 354 g/mol. The molecule has 0 amide bonds. The fraction of sp³-hybridized carbons (Fsp3) is 1.00. The third kappa shape index (κ3) is 12.8. The number of ether oxygens (including phenoxy) is 2. The molecular weight excluding hydrogens is 308 g/mol. The van der Waals surface area contributed by atoms with Crippen LogP contribution in [0.25, 0.3) is 0 Å². The van der Waals surface area contributed by atoms with Crippen molar-refractivity contribution >= 4 is 0 Å².